The van der Waals surface area contributed by atoms with E-state index in [4.69, 9.17) is 33.3 Å². The lowest BCUT2D eigenvalue weighted by Gasteiger charge is -2.07. The monoisotopic (exact) mass is 417 g/mol. The van der Waals surface area contributed by atoms with Crippen LogP contribution in [-0.2, 0) is 6.42 Å². The minimum atomic E-state index is 0.697. The molecule has 0 atom stereocenters. The van der Waals surface area contributed by atoms with Gasteiger partial charge in [-0.1, -0.05) is 48.3 Å². The second-order valence-corrected chi connectivity index (χ2v) is 7.84. The van der Waals surface area contributed by atoms with Crippen LogP contribution in [0.5, 0.6) is 0 Å². The number of nitrogens with zero attached hydrogens (tertiary/aromatic N) is 3. The number of pyridine rings is 1. The maximum absolute atomic E-state index is 6.12. The molecular formula is C24H17Cl2N3. The van der Waals surface area contributed by atoms with E-state index in [1.165, 1.54) is 5.56 Å². The van der Waals surface area contributed by atoms with Crippen LogP contribution in [0.25, 0.3) is 38.8 Å². The summed E-state index contributed by atoms with van der Waals surface area (Å²) in [6.45, 7) is 2.16. The summed E-state index contributed by atoms with van der Waals surface area (Å²) in [5, 5.41) is 8.47. The van der Waals surface area contributed by atoms with E-state index in [2.05, 4.69) is 25.1 Å². The highest BCUT2D eigenvalue weighted by Crippen LogP contribution is 2.34. The lowest BCUT2D eigenvalue weighted by atomic mass is 10.0. The summed E-state index contributed by atoms with van der Waals surface area (Å²) in [6, 6.07) is 21.9. The van der Waals surface area contributed by atoms with E-state index in [1.54, 1.807) is 0 Å². The van der Waals surface area contributed by atoms with Gasteiger partial charge in [0, 0.05) is 32.6 Å². The molecule has 5 rings (SSSR count). The number of fused-ring (bicyclic) bond motifs is 3. The molecule has 0 saturated heterocycles. The minimum absolute atomic E-state index is 0.697. The van der Waals surface area contributed by atoms with Gasteiger partial charge in [0.1, 0.15) is 5.69 Å². The van der Waals surface area contributed by atoms with Crippen LogP contribution in [0.3, 0.4) is 0 Å². The molecule has 29 heavy (non-hydrogen) atoms. The zero-order valence-corrected chi connectivity index (χ0v) is 17.2. The highest BCUT2D eigenvalue weighted by Gasteiger charge is 2.17. The third-order valence-electron chi connectivity index (χ3n) is 5.17. The predicted octanol–water partition coefficient (Wildman–Crippen LogP) is 7.11. The number of hydrogen-bond acceptors (Lipinski definition) is 2. The molecule has 2 aromatic heterocycles. The topological polar surface area (TPSA) is 30.7 Å². The van der Waals surface area contributed by atoms with Crippen LogP contribution in [0, 0.1) is 0 Å². The van der Waals surface area contributed by atoms with E-state index < -0.39 is 0 Å². The van der Waals surface area contributed by atoms with Gasteiger partial charge in [0.15, 0.2) is 0 Å². The molecule has 0 spiro atoms. The second kappa shape index (κ2) is 7.18. The first kappa shape index (κ1) is 18.2. The van der Waals surface area contributed by atoms with Gasteiger partial charge >= 0.3 is 0 Å². The van der Waals surface area contributed by atoms with E-state index in [1.807, 2.05) is 59.4 Å². The van der Waals surface area contributed by atoms with Crippen LogP contribution in [0.4, 0.5) is 0 Å². The summed E-state index contributed by atoms with van der Waals surface area (Å²) in [5.74, 6) is 0. The molecule has 0 aliphatic rings. The Kier molecular flexibility index (Phi) is 4.50. The van der Waals surface area contributed by atoms with Crippen molar-refractivity contribution in [2.24, 2.45) is 0 Å². The van der Waals surface area contributed by atoms with Crippen molar-refractivity contribution in [3.63, 3.8) is 0 Å². The predicted molar refractivity (Wildman–Crippen MR) is 121 cm³/mol. The summed E-state index contributed by atoms with van der Waals surface area (Å²) >= 11 is 12.2. The molecule has 3 aromatic carbocycles. The van der Waals surface area contributed by atoms with Crippen LogP contribution < -0.4 is 0 Å². The van der Waals surface area contributed by atoms with Crippen molar-refractivity contribution in [2.75, 3.05) is 0 Å². The third-order valence-corrected chi connectivity index (χ3v) is 5.67. The SMILES string of the molecule is CCc1ccc2ncc3c(-c4ccc(Cl)cc4)nn(-c4ccc(Cl)cc4)c3c2c1. The average molecular weight is 418 g/mol. The summed E-state index contributed by atoms with van der Waals surface area (Å²) in [7, 11) is 0. The Hall–Kier alpha value is -2.88. The van der Waals surface area contributed by atoms with Gasteiger partial charge in [-0.05, 0) is 60.5 Å². The zero-order valence-electron chi connectivity index (χ0n) is 15.7. The fourth-order valence-corrected chi connectivity index (χ4v) is 3.89. The van der Waals surface area contributed by atoms with Crippen LogP contribution in [-0.4, -0.2) is 14.8 Å². The van der Waals surface area contributed by atoms with E-state index in [0.29, 0.717) is 10.0 Å². The Morgan fingerprint density at radius 1 is 0.828 bits per heavy atom. The fraction of sp³-hybridized carbons (Fsp3) is 0.0833. The molecule has 0 bridgehead atoms. The molecule has 0 radical (unpaired) electrons. The molecule has 142 valence electrons. The molecule has 5 aromatic rings. The molecule has 3 nitrogen and oxygen atoms in total. The van der Waals surface area contributed by atoms with Gasteiger partial charge in [0.2, 0.25) is 0 Å². The van der Waals surface area contributed by atoms with Crippen LogP contribution in [0.2, 0.25) is 10.0 Å². The molecule has 0 aliphatic heterocycles. The minimum Gasteiger partial charge on any atom is -0.255 e. The quantitative estimate of drug-likeness (QED) is 0.313. The Balaban J connectivity index is 1.88. The summed E-state index contributed by atoms with van der Waals surface area (Å²) in [4.78, 5) is 4.71. The van der Waals surface area contributed by atoms with E-state index >= 15 is 0 Å². The van der Waals surface area contributed by atoms with Gasteiger partial charge in [-0.3, -0.25) is 4.98 Å². The van der Waals surface area contributed by atoms with Gasteiger partial charge in [0.05, 0.1) is 16.7 Å². The van der Waals surface area contributed by atoms with Crippen molar-refractivity contribution < 1.29 is 0 Å². The first-order valence-electron chi connectivity index (χ1n) is 9.46. The molecule has 0 fully saturated rings. The first-order chi connectivity index (χ1) is 14.1. The molecule has 0 amide bonds. The molecule has 0 saturated carbocycles. The molecule has 0 unspecified atom stereocenters. The average Bonchev–Trinajstić information content (AvgIpc) is 3.14. The molecule has 0 N–H and O–H groups in total. The van der Waals surface area contributed by atoms with Gasteiger partial charge < -0.3 is 0 Å². The lowest BCUT2D eigenvalue weighted by Crippen LogP contribution is -1.97. The largest absolute Gasteiger partial charge is 0.255 e. The molecular weight excluding hydrogens is 401 g/mol. The Morgan fingerprint density at radius 2 is 1.52 bits per heavy atom. The number of aromatic nitrogens is 3. The van der Waals surface area contributed by atoms with Crippen molar-refractivity contribution in [2.45, 2.75) is 13.3 Å². The summed E-state index contributed by atoms with van der Waals surface area (Å²) in [6.07, 6.45) is 2.87. The number of hydrogen-bond donors (Lipinski definition) is 0. The van der Waals surface area contributed by atoms with Crippen molar-refractivity contribution >= 4 is 45.0 Å². The van der Waals surface area contributed by atoms with Gasteiger partial charge in [-0.2, -0.15) is 5.10 Å². The summed E-state index contributed by atoms with van der Waals surface area (Å²) in [5.41, 5.74) is 6.09. The highest BCUT2D eigenvalue weighted by atomic mass is 35.5. The Labute approximate surface area is 178 Å². The number of halogens is 2. The highest BCUT2D eigenvalue weighted by molar-refractivity contribution is 6.31. The fourth-order valence-electron chi connectivity index (χ4n) is 3.64. The van der Waals surface area contributed by atoms with Crippen LogP contribution in [0.1, 0.15) is 12.5 Å². The van der Waals surface area contributed by atoms with E-state index in [-0.39, 0.29) is 0 Å². The lowest BCUT2D eigenvalue weighted by molar-refractivity contribution is 0.917. The van der Waals surface area contributed by atoms with Gasteiger partial charge in [0.25, 0.3) is 0 Å². The van der Waals surface area contributed by atoms with Gasteiger partial charge in [-0.25, -0.2) is 4.68 Å². The molecule has 0 aliphatic carbocycles. The van der Waals surface area contributed by atoms with Crippen molar-refractivity contribution in [3.05, 3.63) is 88.5 Å². The zero-order chi connectivity index (χ0) is 20.0. The molecule has 2 heterocycles. The Morgan fingerprint density at radius 3 is 2.21 bits per heavy atom. The third kappa shape index (κ3) is 3.17. The van der Waals surface area contributed by atoms with E-state index in [9.17, 15) is 0 Å². The maximum atomic E-state index is 6.12. The van der Waals surface area contributed by atoms with Crippen molar-refractivity contribution in [3.8, 4) is 16.9 Å². The van der Waals surface area contributed by atoms with E-state index in [0.717, 1.165) is 45.2 Å². The standard InChI is InChI=1S/C24H17Cl2N3/c1-2-15-3-12-22-20(13-15)24-21(14-27-22)23(16-4-6-17(25)7-5-16)28-29(24)19-10-8-18(26)9-11-19/h3-14H,2H2,1H3. The number of aryl methyl sites for hydroxylation is 1. The van der Waals surface area contributed by atoms with Crippen LogP contribution in [0.15, 0.2) is 72.9 Å². The Bertz CT molecular complexity index is 1340. The van der Waals surface area contributed by atoms with Gasteiger partial charge in [-0.15, -0.1) is 0 Å². The number of rotatable bonds is 3. The normalized spacial score (nSPS) is 11.4. The smallest absolute Gasteiger partial charge is 0.102 e. The maximum Gasteiger partial charge on any atom is 0.102 e. The second-order valence-electron chi connectivity index (χ2n) is 6.97. The first-order valence-corrected chi connectivity index (χ1v) is 10.2. The molecule has 5 heteroatoms. The van der Waals surface area contributed by atoms with Crippen LogP contribution >= 0.6 is 23.2 Å². The number of benzene rings is 3. The van der Waals surface area contributed by atoms with Crippen molar-refractivity contribution in [1.82, 2.24) is 14.8 Å². The van der Waals surface area contributed by atoms with Crippen molar-refractivity contribution in [1.29, 1.82) is 0 Å². The summed E-state index contributed by atoms with van der Waals surface area (Å²) < 4.78 is 1.99.